The maximum Gasteiger partial charge on any atom is 0.192 e. The molecular formula is C20H20ClN3O3S. The first kappa shape index (κ1) is 20.4. The number of benzene rings is 2. The molecular weight excluding hydrogens is 398 g/mol. The quantitative estimate of drug-likeness (QED) is 0.383. The summed E-state index contributed by atoms with van der Waals surface area (Å²) in [6.07, 6.45) is 0. The highest BCUT2D eigenvalue weighted by Crippen LogP contribution is 2.27. The first-order valence-corrected chi connectivity index (χ1v) is 9.97. The van der Waals surface area contributed by atoms with Crippen LogP contribution in [-0.2, 0) is 11.3 Å². The predicted molar refractivity (Wildman–Crippen MR) is 110 cm³/mol. The lowest BCUT2D eigenvalue weighted by Gasteiger charge is -2.10. The van der Waals surface area contributed by atoms with Crippen molar-refractivity contribution in [3.8, 4) is 17.1 Å². The number of ketones is 1. The second-order valence-electron chi connectivity index (χ2n) is 5.87. The van der Waals surface area contributed by atoms with E-state index in [1.807, 2.05) is 41.0 Å². The normalized spacial score (nSPS) is 10.8. The van der Waals surface area contributed by atoms with E-state index in [2.05, 4.69) is 10.2 Å². The highest BCUT2D eigenvalue weighted by atomic mass is 35.5. The van der Waals surface area contributed by atoms with Gasteiger partial charge in [0.15, 0.2) is 16.8 Å². The smallest absolute Gasteiger partial charge is 0.192 e. The number of carbonyl (C=O) groups is 1. The molecule has 0 spiro atoms. The molecule has 0 atom stereocenters. The van der Waals surface area contributed by atoms with Crippen LogP contribution in [0.15, 0.2) is 53.7 Å². The van der Waals surface area contributed by atoms with Gasteiger partial charge in [-0.25, -0.2) is 0 Å². The van der Waals surface area contributed by atoms with Gasteiger partial charge in [-0.2, -0.15) is 0 Å². The molecule has 2 aromatic carbocycles. The van der Waals surface area contributed by atoms with Crippen molar-refractivity contribution in [2.45, 2.75) is 11.7 Å². The summed E-state index contributed by atoms with van der Waals surface area (Å²) in [5.74, 6) is 1.47. The van der Waals surface area contributed by atoms with Gasteiger partial charge in [0.1, 0.15) is 5.75 Å². The molecule has 0 bridgehead atoms. The topological polar surface area (TPSA) is 66.2 Å². The minimum atomic E-state index is -0.0308. The molecule has 0 saturated carbocycles. The summed E-state index contributed by atoms with van der Waals surface area (Å²) in [6.45, 7) is 1.08. The Kier molecular flexibility index (Phi) is 7.08. The highest BCUT2D eigenvalue weighted by molar-refractivity contribution is 7.99. The van der Waals surface area contributed by atoms with Crippen LogP contribution in [0.25, 0.3) is 11.4 Å². The molecule has 0 radical (unpaired) electrons. The molecule has 0 aliphatic carbocycles. The number of ether oxygens (including phenoxy) is 2. The van der Waals surface area contributed by atoms with Crippen LogP contribution in [0.3, 0.4) is 0 Å². The second kappa shape index (κ2) is 9.73. The number of para-hydroxylation sites is 1. The third-order valence-corrected chi connectivity index (χ3v) is 5.30. The van der Waals surface area contributed by atoms with Crippen LogP contribution in [0.4, 0.5) is 0 Å². The van der Waals surface area contributed by atoms with Crippen LogP contribution in [0, 0.1) is 0 Å². The minimum absolute atomic E-state index is 0.0308. The van der Waals surface area contributed by atoms with Gasteiger partial charge in [0.25, 0.3) is 0 Å². The van der Waals surface area contributed by atoms with Crippen molar-refractivity contribution in [1.29, 1.82) is 0 Å². The molecule has 0 fully saturated rings. The van der Waals surface area contributed by atoms with Gasteiger partial charge in [-0.15, -0.1) is 10.2 Å². The Morgan fingerprint density at radius 3 is 2.57 bits per heavy atom. The van der Waals surface area contributed by atoms with Crippen molar-refractivity contribution >= 4 is 29.1 Å². The van der Waals surface area contributed by atoms with Crippen LogP contribution in [0.5, 0.6) is 5.75 Å². The summed E-state index contributed by atoms with van der Waals surface area (Å²) in [5.41, 5.74) is 1.45. The lowest BCUT2D eigenvalue weighted by atomic mass is 10.1. The van der Waals surface area contributed by atoms with Gasteiger partial charge in [-0.3, -0.25) is 9.36 Å². The molecule has 3 aromatic rings. The van der Waals surface area contributed by atoms with Crippen molar-refractivity contribution in [3.05, 3.63) is 59.1 Å². The van der Waals surface area contributed by atoms with Crippen molar-refractivity contribution in [1.82, 2.24) is 14.8 Å². The monoisotopic (exact) mass is 417 g/mol. The fourth-order valence-corrected chi connectivity index (χ4v) is 3.65. The first-order chi connectivity index (χ1) is 13.6. The molecule has 1 aromatic heterocycles. The van der Waals surface area contributed by atoms with Crippen molar-refractivity contribution in [2.75, 3.05) is 26.6 Å². The Bertz CT molecular complexity index is 944. The van der Waals surface area contributed by atoms with E-state index in [1.165, 1.54) is 11.8 Å². The molecule has 28 heavy (non-hydrogen) atoms. The number of thioether (sulfide) groups is 1. The zero-order valence-electron chi connectivity index (χ0n) is 15.6. The number of Topliss-reactive ketones (excluding diaryl/α,β-unsaturated/α-hetero) is 1. The lowest BCUT2D eigenvalue weighted by molar-refractivity contribution is 0.101. The molecule has 0 amide bonds. The van der Waals surface area contributed by atoms with Gasteiger partial charge in [0.2, 0.25) is 0 Å². The number of hydrogen-bond acceptors (Lipinski definition) is 6. The molecule has 8 heteroatoms. The summed E-state index contributed by atoms with van der Waals surface area (Å²) in [4.78, 5) is 12.6. The maximum absolute atomic E-state index is 12.6. The van der Waals surface area contributed by atoms with E-state index < -0.39 is 0 Å². The lowest BCUT2D eigenvalue weighted by Crippen LogP contribution is -2.09. The Balaban J connectivity index is 1.81. The largest absolute Gasteiger partial charge is 0.496 e. The van der Waals surface area contributed by atoms with Gasteiger partial charge in [-0.05, 0) is 36.4 Å². The van der Waals surface area contributed by atoms with Gasteiger partial charge in [0.05, 0.1) is 31.6 Å². The molecule has 146 valence electrons. The number of hydrogen-bond donors (Lipinski definition) is 0. The number of carbonyl (C=O) groups excluding carboxylic acids is 1. The third-order valence-electron chi connectivity index (χ3n) is 4.08. The van der Waals surface area contributed by atoms with Crippen molar-refractivity contribution < 1.29 is 14.3 Å². The molecule has 6 nitrogen and oxygen atoms in total. The van der Waals surface area contributed by atoms with Crippen LogP contribution in [-0.4, -0.2) is 47.1 Å². The van der Waals surface area contributed by atoms with E-state index in [0.717, 1.165) is 5.56 Å². The van der Waals surface area contributed by atoms with E-state index >= 15 is 0 Å². The standard InChI is InChI=1S/C20H20ClN3O3S/c1-26-12-11-24-19(14-7-9-15(21)10-8-14)22-23-20(24)28-13-17(25)16-5-3-4-6-18(16)27-2/h3-10H,11-13H2,1-2H3. The number of methoxy groups -OCH3 is 2. The molecule has 0 unspecified atom stereocenters. The number of nitrogens with zero attached hydrogens (tertiary/aromatic N) is 3. The first-order valence-electron chi connectivity index (χ1n) is 8.61. The average molecular weight is 418 g/mol. The summed E-state index contributed by atoms with van der Waals surface area (Å²) in [5, 5.41) is 9.90. The van der Waals surface area contributed by atoms with Crippen LogP contribution >= 0.6 is 23.4 Å². The second-order valence-corrected chi connectivity index (χ2v) is 7.25. The molecule has 0 aliphatic rings. The summed E-state index contributed by atoms with van der Waals surface area (Å²) < 4.78 is 12.4. The van der Waals surface area contributed by atoms with Gasteiger partial charge in [0, 0.05) is 17.7 Å². The van der Waals surface area contributed by atoms with E-state index in [4.69, 9.17) is 21.1 Å². The zero-order chi connectivity index (χ0) is 19.9. The Morgan fingerprint density at radius 2 is 1.86 bits per heavy atom. The number of aromatic nitrogens is 3. The van der Waals surface area contributed by atoms with E-state index in [9.17, 15) is 4.79 Å². The average Bonchev–Trinajstić information content (AvgIpc) is 3.13. The zero-order valence-corrected chi connectivity index (χ0v) is 17.2. The summed E-state index contributed by atoms with van der Waals surface area (Å²) in [6, 6.07) is 14.6. The fourth-order valence-electron chi connectivity index (χ4n) is 2.67. The highest BCUT2D eigenvalue weighted by Gasteiger charge is 2.17. The number of halogens is 1. The van der Waals surface area contributed by atoms with Gasteiger partial charge >= 0.3 is 0 Å². The molecule has 1 heterocycles. The fraction of sp³-hybridized carbons (Fsp3) is 0.250. The third kappa shape index (κ3) is 4.73. The molecule has 0 aliphatic heterocycles. The van der Waals surface area contributed by atoms with Crippen molar-refractivity contribution in [3.63, 3.8) is 0 Å². The minimum Gasteiger partial charge on any atom is -0.496 e. The van der Waals surface area contributed by atoms with Crippen molar-refractivity contribution in [2.24, 2.45) is 0 Å². The Labute approximate surface area is 172 Å². The van der Waals surface area contributed by atoms with E-state index in [-0.39, 0.29) is 11.5 Å². The predicted octanol–water partition coefficient (Wildman–Crippen LogP) is 4.23. The molecule has 3 rings (SSSR count). The van der Waals surface area contributed by atoms with E-state index in [0.29, 0.717) is 40.5 Å². The van der Waals surface area contributed by atoms with Gasteiger partial charge in [-0.1, -0.05) is 35.5 Å². The SMILES string of the molecule is COCCn1c(SCC(=O)c2ccccc2OC)nnc1-c1ccc(Cl)cc1. The summed E-state index contributed by atoms with van der Waals surface area (Å²) in [7, 11) is 3.20. The van der Waals surface area contributed by atoms with E-state index in [1.54, 1.807) is 26.4 Å². The van der Waals surface area contributed by atoms with Crippen LogP contribution < -0.4 is 4.74 Å². The Morgan fingerprint density at radius 1 is 1.11 bits per heavy atom. The Hall–Kier alpha value is -2.35. The van der Waals surface area contributed by atoms with Gasteiger partial charge < -0.3 is 9.47 Å². The number of rotatable bonds is 9. The maximum atomic E-state index is 12.6. The van der Waals surface area contributed by atoms with Crippen LogP contribution in [0.2, 0.25) is 5.02 Å². The molecule has 0 N–H and O–H groups in total. The van der Waals surface area contributed by atoms with Crippen LogP contribution in [0.1, 0.15) is 10.4 Å². The molecule has 0 saturated heterocycles. The summed E-state index contributed by atoms with van der Waals surface area (Å²) >= 11 is 7.32.